The van der Waals surface area contributed by atoms with Crippen LogP contribution in [0.1, 0.15) is 29.8 Å². The van der Waals surface area contributed by atoms with Gasteiger partial charge in [-0.05, 0) is 41.8 Å². The topological polar surface area (TPSA) is 59.9 Å². The van der Waals surface area contributed by atoms with Crippen molar-refractivity contribution in [1.29, 1.82) is 0 Å². The zero-order valence-electron chi connectivity index (χ0n) is 13.8. The van der Waals surface area contributed by atoms with Crippen molar-refractivity contribution in [2.45, 2.75) is 19.4 Å². The van der Waals surface area contributed by atoms with E-state index in [2.05, 4.69) is 39.3 Å². The lowest BCUT2D eigenvalue weighted by atomic mass is 9.99. The summed E-state index contributed by atoms with van der Waals surface area (Å²) in [5.74, 6) is 1.64. The molecule has 5 nitrogen and oxygen atoms in total. The van der Waals surface area contributed by atoms with Crippen molar-refractivity contribution < 1.29 is 4.74 Å². The monoisotopic (exact) mass is 320 g/mol. The molecule has 0 aliphatic carbocycles. The number of benzene rings is 1. The number of pyridine rings is 1. The maximum absolute atomic E-state index is 5.25. The van der Waals surface area contributed by atoms with Gasteiger partial charge in [-0.3, -0.25) is 4.98 Å². The Morgan fingerprint density at radius 2 is 1.71 bits per heavy atom. The number of methoxy groups -OCH3 is 1. The van der Waals surface area contributed by atoms with Gasteiger partial charge in [-0.2, -0.15) is 0 Å². The van der Waals surface area contributed by atoms with Gasteiger partial charge in [0.15, 0.2) is 0 Å². The molecular weight excluding hydrogens is 300 g/mol. The summed E-state index contributed by atoms with van der Waals surface area (Å²) in [4.78, 5) is 12.7. The molecule has 0 bridgehead atoms. The summed E-state index contributed by atoms with van der Waals surface area (Å²) in [6.45, 7) is 2.08. The van der Waals surface area contributed by atoms with E-state index < -0.39 is 0 Å². The number of hydrogen-bond donors (Lipinski definition) is 1. The lowest BCUT2D eigenvalue weighted by Gasteiger charge is -2.20. The molecule has 0 saturated carbocycles. The highest BCUT2D eigenvalue weighted by molar-refractivity contribution is 5.45. The Hall–Kier alpha value is -2.95. The van der Waals surface area contributed by atoms with Gasteiger partial charge in [0, 0.05) is 24.2 Å². The van der Waals surface area contributed by atoms with Gasteiger partial charge in [0.25, 0.3) is 0 Å². The SMILES string of the molecule is CCc1cc(N[C@@H](c2ccncc2)c2ccc(OC)cc2)ncn1. The Morgan fingerprint density at radius 1 is 1.00 bits per heavy atom. The average Bonchev–Trinajstić information content (AvgIpc) is 2.67. The Labute approximate surface area is 141 Å². The molecule has 122 valence electrons. The molecule has 1 atom stereocenters. The Morgan fingerprint density at radius 3 is 2.38 bits per heavy atom. The average molecular weight is 320 g/mol. The fraction of sp³-hybridized carbons (Fsp3) is 0.211. The molecule has 0 radical (unpaired) electrons. The minimum atomic E-state index is -0.0292. The first-order chi connectivity index (χ1) is 11.8. The minimum absolute atomic E-state index is 0.0292. The highest BCUT2D eigenvalue weighted by atomic mass is 16.5. The maximum Gasteiger partial charge on any atom is 0.130 e. The second kappa shape index (κ2) is 7.55. The number of nitrogens with zero attached hydrogens (tertiary/aromatic N) is 3. The first-order valence-corrected chi connectivity index (χ1v) is 7.91. The third kappa shape index (κ3) is 3.68. The smallest absolute Gasteiger partial charge is 0.130 e. The van der Waals surface area contributed by atoms with E-state index in [1.165, 1.54) is 0 Å². The summed E-state index contributed by atoms with van der Waals surface area (Å²) in [5.41, 5.74) is 3.25. The van der Waals surface area contributed by atoms with Crippen LogP contribution in [0.3, 0.4) is 0 Å². The Kier molecular flexibility index (Phi) is 5.01. The summed E-state index contributed by atoms with van der Waals surface area (Å²) in [6.07, 6.45) is 6.06. The molecule has 24 heavy (non-hydrogen) atoms. The van der Waals surface area contributed by atoms with E-state index in [4.69, 9.17) is 4.74 Å². The third-order valence-electron chi connectivity index (χ3n) is 3.87. The van der Waals surface area contributed by atoms with Crippen molar-refractivity contribution in [2.75, 3.05) is 12.4 Å². The highest BCUT2D eigenvalue weighted by Gasteiger charge is 2.15. The van der Waals surface area contributed by atoms with E-state index in [1.54, 1.807) is 25.8 Å². The molecule has 3 aromatic rings. The van der Waals surface area contributed by atoms with Crippen LogP contribution < -0.4 is 10.1 Å². The molecule has 0 aliphatic rings. The number of aryl methyl sites for hydroxylation is 1. The summed E-state index contributed by atoms with van der Waals surface area (Å²) in [5, 5.41) is 3.50. The molecule has 1 N–H and O–H groups in total. The van der Waals surface area contributed by atoms with Crippen LogP contribution in [0.25, 0.3) is 0 Å². The van der Waals surface area contributed by atoms with Crippen LogP contribution in [0.5, 0.6) is 5.75 Å². The molecule has 5 heteroatoms. The van der Waals surface area contributed by atoms with E-state index in [9.17, 15) is 0 Å². The molecule has 0 fully saturated rings. The Balaban J connectivity index is 1.95. The van der Waals surface area contributed by atoms with Gasteiger partial charge in [0.05, 0.1) is 13.2 Å². The zero-order chi connectivity index (χ0) is 16.8. The second-order valence-electron chi connectivity index (χ2n) is 5.38. The van der Waals surface area contributed by atoms with Crippen molar-refractivity contribution in [2.24, 2.45) is 0 Å². The van der Waals surface area contributed by atoms with E-state index in [-0.39, 0.29) is 6.04 Å². The number of anilines is 1. The van der Waals surface area contributed by atoms with Gasteiger partial charge in [0.2, 0.25) is 0 Å². The van der Waals surface area contributed by atoms with Crippen LogP contribution in [0.4, 0.5) is 5.82 Å². The predicted molar refractivity (Wildman–Crippen MR) is 94.1 cm³/mol. The van der Waals surface area contributed by atoms with Crippen molar-refractivity contribution in [3.8, 4) is 5.75 Å². The van der Waals surface area contributed by atoms with Crippen molar-refractivity contribution >= 4 is 5.82 Å². The molecule has 3 rings (SSSR count). The molecule has 2 heterocycles. The van der Waals surface area contributed by atoms with Crippen molar-refractivity contribution in [1.82, 2.24) is 15.0 Å². The van der Waals surface area contributed by atoms with Crippen LogP contribution >= 0.6 is 0 Å². The molecule has 0 amide bonds. The molecule has 0 aliphatic heterocycles. The fourth-order valence-electron chi connectivity index (χ4n) is 2.53. The van der Waals surface area contributed by atoms with E-state index in [0.717, 1.165) is 34.8 Å². The fourth-order valence-corrected chi connectivity index (χ4v) is 2.53. The number of rotatable bonds is 6. The molecule has 0 saturated heterocycles. The largest absolute Gasteiger partial charge is 0.497 e. The summed E-state index contributed by atoms with van der Waals surface area (Å²) in [7, 11) is 1.67. The minimum Gasteiger partial charge on any atom is -0.497 e. The van der Waals surface area contributed by atoms with Crippen LogP contribution in [-0.4, -0.2) is 22.1 Å². The van der Waals surface area contributed by atoms with Crippen LogP contribution in [0.15, 0.2) is 61.2 Å². The summed E-state index contributed by atoms with van der Waals surface area (Å²) < 4.78 is 5.25. The molecule has 2 aromatic heterocycles. The van der Waals surface area contributed by atoms with Crippen LogP contribution in [-0.2, 0) is 6.42 Å². The zero-order valence-corrected chi connectivity index (χ0v) is 13.8. The normalized spacial score (nSPS) is 11.8. The van der Waals surface area contributed by atoms with Crippen molar-refractivity contribution in [3.63, 3.8) is 0 Å². The van der Waals surface area contributed by atoms with E-state index in [1.807, 2.05) is 30.3 Å². The van der Waals surface area contributed by atoms with Gasteiger partial charge >= 0.3 is 0 Å². The van der Waals surface area contributed by atoms with E-state index >= 15 is 0 Å². The van der Waals surface area contributed by atoms with Crippen molar-refractivity contribution in [3.05, 3.63) is 78.0 Å². The number of ether oxygens (including phenoxy) is 1. The molecule has 1 aromatic carbocycles. The quantitative estimate of drug-likeness (QED) is 0.751. The standard InChI is InChI=1S/C19H20N4O/c1-3-16-12-18(22-13-21-16)23-19(15-8-10-20-11-9-15)14-4-6-17(24-2)7-5-14/h4-13,19H,3H2,1-2H3,(H,21,22,23)/t19-/m1/s1. The van der Waals surface area contributed by atoms with Gasteiger partial charge in [-0.25, -0.2) is 9.97 Å². The lowest BCUT2D eigenvalue weighted by Crippen LogP contribution is -2.13. The lowest BCUT2D eigenvalue weighted by molar-refractivity contribution is 0.414. The predicted octanol–water partition coefficient (Wildman–Crippen LogP) is 3.64. The number of aromatic nitrogens is 3. The Bertz CT molecular complexity index is 775. The highest BCUT2D eigenvalue weighted by Crippen LogP contribution is 2.27. The molecule has 0 unspecified atom stereocenters. The first-order valence-electron chi connectivity index (χ1n) is 7.91. The molecule has 0 spiro atoms. The van der Waals surface area contributed by atoms with Crippen LogP contribution in [0.2, 0.25) is 0 Å². The summed E-state index contributed by atoms with van der Waals surface area (Å²) in [6, 6.07) is 14.0. The van der Waals surface area contributed by atoms with Gasteiger partial charge in [-0.15, -0.1) is 0 Å². The van der Waals surface area contributed by atoms with Gasteiger partial charge in [0.1, 0.15) is 17.9 Å². The van der Waals surface area contributed by atoms with Gasteiger partial charge in [-0.1, -0.05) is 19.1 Å². The third-order valence-corrected chi connectivity index (χ3v) is 3.87. The summed E-state index contributed by atoms with van der Waals surface area (Å²) >= 11 is 0. The number of nitrogens with one attached hydrogen (secondary N) is 1. The first kappa shape index (κ1) is 15.9. The number of hydrogen-bond acceptors (Lipinski definition) is 5. The maximum atomic E-state index is 5.25. The molecular formula is C19H20N4O. The van der Waals surface area contributed by atoms with Crippen LogP contribution in [0, 0.1) is 0 Å². The van der Waals surface area contributed by atoms with Gasteiger partial charge < -0.3 is 10.1 Å². The second-order valence-corrected chi connectivity index (χ2v) is 5.38. The van der Waals surface area contributed by atoms with E-state index in [0.29, 0.717) is 0 Å².